The zero-order chi connectivity index (χ0) is 47.5. The first-order chi connectivity index (χ1) is 33.6. The zero-order valence-electron chi connectivity index (χ0n) is 41.0. The van der Waals surface area contributed by atoms with E-state index in [2.05, 4.69) is 66.7 Å². The lowest BCUT2D eigenvalue weighted by Gasteiger charge is -2.27. The highest BCUT2D eigenvalue weighted by molar-refractivity contribution is 6.04. The minimum absolute atomic E-state index is 0.106. The van der Waals surface area contributed by atoms with E-state index >= 15 is 0 Å². The maximum Gasteiger partial charge on any atom is 0.0651 e. The topological polar surface area (TPSA) is 3.24 Å². The van der Waals surface area contributed by atoms with Crippen LogP contribution in [0.1, 0.15) is 11.0 Å². The Balaban J connectivity index is 1.12. The maximum absolute atomic E-state index is 9.94. The van der Waals surface area contributed by atoms with Crippen molar-refractivity contribution in [3.8, 4) is 55.6 Å². The average Bonchev–Trinajstić information content (AvgIpc) is 3.39. The second-order valence-electron chi connectivity index (χ2n) is 15.1. The van der Waals surface area contributed by atoms with Crippen LogP contribution in [0.25, 0.3) is 88.0 Å². The van der Waals surface area contributed by atoms with Crippen LogP contribution in [0.15, 0.2) is 249 Å². The van der Waals surface area contributed by atoms with Crippen LogP contribution in [0.2, 0.25) is 0 Å². The minimum Gasteiger partial charge on any atom is -0.310 e. The van der Waals surface area contributed by atoms with Crippen LogP contribution < -0.4 is 4.90 Å². The van der Waals surface area contributed by atoms with Crippen LogP contribution in [0.3, 0.4) is 0 Å². The summed E-state index contributed by atoms with van der Waals surface area (Å²) >= 11 is 0. The van der Waals surface area contributed by atoms with Crippen molar-refractivity contribution in [2.45, 2.75) is 0 Å². The molecular formula is C60H41N. The van der Waals surface area contributed by atoms with Gasteiger partial charge in [-0.05, 0) is 130 Å². The second kappa shape index (κ2) is 15.6. The number of fused-ring (bicyclic) bond motifs is 3. The van der Waals surface area contributed by atoms with E-state index in [1.54, 1.807) is 18.2 Å². The van der Waals surface area contributed by atoms with Gasteiger partial charge in [0, 0.05) is 17.1 Å². The molecule has 1 nitrogen and oxygen atoms in total. The summed E-state index contributed by atoms with van der Waals surface area (Å²) in [4.78, 5) is 1.41. The molecule has 1 heteroatoms. The number of nitrogens with zero attached hydrogens (tertiary/aromatic N) is 1. The average molecular weight is 784 g/mol. The lowest BCUT2D eigenvalue weighted by molar-refractivity contribution is 1.28. The molecule has 0 aliphatic carbocycles. The van der Waals surface area contributed by atoms with E-state index in [9.17, 15) is 11.0 Å². The van der Waals surface area contributed by atoms with E-state index in [-0.39, 0.29) is 58.8 Å². The molecule has 0 aromatic heterocycles. The van der Waals surface area contributed by atoms with Crippen molar-refractivity contribution in [2.75, 3.05) is 4.90 Å². The van der Waals surface area contributed by atoms with Crippen LogP contribution in [0.4, 0.5) is 17.1 Å². The Morgan fingerprint density at radius 1 is 0.295 bits per heavy atom. The molecule has 286 valence electrons. The van der Waals surface area contributed by atoms with Gasteiger partial charge in [0.1, 0.15) is 0 Å². The highest BCUT2D eigenvalue weighted by Gasteiger charge is 2.17. The summed E-state index contributed by atoms with van der Waals surface area (Å²) in [5.74, 6) is 0. The fraction of sp³-hybridized carbons (Fsp3) is 0. The van der Waals surface area contributed by atoms with Gasteiger partial charge < -0.3 is 4.90 Å². The van der Waals surface area contributed by atoms with Crippen molar-refractivity contribution >= 4 is 49.4 Å². The van der Waals surface area contributed by atoms with E-state index in [0.717, 1.165) is 65.7 Å². The van der Waals surface area contributed by atoms with E-state index in [1.165, 1.54) is 4.90 Å². The molecule has 11 rings (SSSR count). The second-order valence-corrected chi connectivity index (χ2v) is 15.1. The molecule has 0 N–H and O–H groups in total. The third-order valence-electron chi connectivity index (χ3n) is 11.4. The molecule has 0 atom stereocenters. The largest absolute Gasteiger partial charge is 0.310 e. The molecule has 0 saturated carbocycles. The molecule has 61 heavy (non-hydrogen) atoms. The van der Waals surface area contributed by atoms with Crippen LogP contribution in [-0.2, 0) is 0 Å². The number of benzene rings is 11. The SMILES string of the molecule is [2H]c1c([2H])c(-c2cccc3ccccc23)c([2H])c(N(c2ccc(-c3c(-c4ccccc4)ccc4ccccc34)cc2)c2c([2H])c([2H])c(-c3ccc(-c4ccc5ccccc5c4)cc3)c([2H])c2[2H])c1[2H]. The first-order valence-electron chi connectivity index (χ1n) is 24.3. The van der Waals surface area contributed by atoms with Crippen molar-refractivity contribution < 1.29 is 11.0 Å². The highest BCUT2D eigenvalue weighted by atomic mass is 15.1. The Morgan fingerprint density at radius 3 is 1.66 bits per heavy atom. The number of anilines is 3. The van der Waals surface area contributed by atoms with Gasteiger partial charge in [-0.2, -0.15) is 0 Å². The van der Waals surface area contributed by atoms with Crippen molar-refractivity contribution in [2.24, 2.45) is 0 Å². The smallest absolute Gasteiger partial charge is 0.0651 e. The number of hydrogen-bond donors (Lipinski definition) is 0. The van der Waals surface area contributed by atoms with Crippen molar-refractivity contribution in [3.05, 3.63) is 249 Å². The van der Waals surface area contributed by atoms with Gasteiger partial charge in [-0.25, -0.2) is 0 Å². The first kappa shape index (κ1) is 28.4. The molecule has 0 fully saturated rings. The van der Waals surface area contributed by atoms with Gasteiger partial charge in [-0.15, -0.1) is 0 Å². The van der Waals surface area contributed by atoms with Crippen LogP contribution in [0, 0.1) is 0 Å². The van der Waals surface area contributed by atoms with E-state index in [0.29, 0.717) is 16.8 Å². The first-order valence-corrected chi connectivity index (χ1v) is 20.3. The van der Waals surface area contributed by atoms with Crippen LogP contribution in [0.5, 0.6) is 0 Å². The van der Waals surface area contributed by atoms with Gasteiger partial charge in [0.25, 0.3) is 0 Å². The summed E-state index contributed by atoms with van der Waals surface area (Å²) in [6, 6.07) is 62.1. The fourth-order valence-electron chi connectivity index (χ4n) is 8.37. The van der Waals surface area contributed by atoms with E-state index in [4.69, 9.17) is 0 Å². The molecule has 11 aromatic carbocycles. The quantitative estimate of drug-likeness (QED) is 0.148. The molecule has 0 amide bonds. The fourth-order valence-corrected chi connectivity index (χ4v) is 8.37. The van der Waals surface area contributed by atoms with Gasteiger partial charge >= 0.3 is 0 Å². The molecule has 0 bridgehead atoms. The predicted molar refractivity (Wildman–Crippen MR) is 261 cm³/mol. The standard InChI is InChI=1S/C60H41N/c1-2-13-47(14-3-1)59-39-34-48-16-7-9-22-58(48)60(59)49-32-37-54(38-33-49)61(55-20-10-19-52(41-55)57-23-11-18-46-15-6-8-21-56(46)57)53-35-30-44(31-36-53)43-24-26-45(27-25-43)51-29-28-42-12-4-5-17-50(42)40-51/h1-41H/i10D,19D,20D,30D,31D,35D,36D,41D. The summed E-state index contributed by atoms with van der Waals surface area (Å²) in [5, 5.41) is 5.95. The van der Waals surface area contributed by atoms with Gasteiger partial charge in [-0.1, -0.05) is 206 Å². The Hall–Kier alpha value is -8.00. The Kier molecular flexibility index (Phi) is 7.29. The molecule has 0 unspecified atom stereocenters. The molecule has 11 aromatic rings. The van der Waals surface area contributed by atoms with Gasteiger partial charge in [0.15, 0.2) is 0 Å². The van der Waals surface area contributed by atoms with Gasteiger partial charge in [-0.3, -0.25) is 0 Å². The monoisotopic (exact) mass is 783 g/mol. The highest BCUT2D eigenvalue weighted by Crippen LogP contribution is 2.42. The molecule has 0 radical (unpaired) electrons. The number of rotatable bonds is 8. The van der Waals surface area contributed by atoms with Gasteiger partial charge in [0.05, 0.1) is 11.0 Å². The van der Waals surface area contributed by atoms with Crippen molar-refractivity contribution in [3.63, 3.8) is 0 Å². The Morgan fingerprint density at radius 2 is 0.885 bits per heavy atom. The molecule has 0 saturated heterocycles. The third kappa shape index (κ3) is 6.93. The Bertz CT molecular complexity index is 3780. The molecule has 0 spiro atoms. The molecule has 0 heterocycles. The summed E-state index contributed by atoms with van der Waals surface area (Å²) < 4.78 is 76.4. The lowest BCUT2D eigenvalue weighted by Crippen LogP contribution is -2.10. The summed E-state index contributed by atoms with van der Waals surface area (Å²) in [5.41, 5.74) is 7.11. The lowest BCUT2D eigenvalue weighted by atomic mass is 9.89. The Labute approximate surface area is 368 Å². The van der Waals surface area contributed by atoms with E-state index < -0.39 is 12.1 Å². The van der Waals surface area contributed by atoms with Crippen LogP contribution in [-0.4, -0.2) is 0 Å². The predicted octanol–water partition coefficient (Wildman–Crippen LogP) is 17.0. The summed E-state index contributed by atoms with van der Waals surface area (Å²) in [6.45, 7) is 0. The summed E-state index contributed by atoms with van der Waals surface area (Å²) in [6.07, 6.45) is 0. The van der Waals surface area contributed by atoms with E-state index in [1.807, 2.05) is 115 Å². The molecule has 0 aliphatic rings. The molecule has 0 aliphatic heterocycles. The summed E-state index contributed by atoms with van der Waals surface area (Å²) in [7, 11) is 0. The van der Waals surface area contributed by atoms with Gasteiger partial charge in [0.2, 0.25) is 0 Å². The normalized spacial score (nSPS) is 13.1. The zero-order valence-corrected chi connectivity index (χ0v) is 33.0. The third-order valence-corrected chi connectivity index (χ3v) is 11.4. The van der Waals surface area contributed by atoms with Crippen molar-refractivity contribution in [1.29, 1.82) is 0 Å². The van der Waals surface area contributed by atoms with Crippen LogP contribution >= 0.6 is 0 Å². The van der Waals surface area contributed by atoms with Crippen molar-refractivity contribution in [1.82, 2.24) is 0 Å². The molecular weight excluding hydrogens is 735 g/mol. The number of hydrogen-bond acceptors (Lipinski definition) is 1. The maximum atomic E-state index is 9.94. The minimum atomic E-state index is -0.455.